The molecule has 0 saturated heterocycles. The van der Waals surface area contributed by atoms with Crippen molar-refractivity contribution >= 4 is 59.3 Å². The van der Waals surface area contributed by atoms with Crippen molar-refractivity contribution < 1.29 is 9.53 Å². The summed E-state index contributed by atoms with van der Waals surface area (Å²) in [7, 11) is 1.57. The first-order valence-corrected chi connectivity index (χ1v) is 9.20. The van der Waals surface area contributed by atoms with Crippen LogP contribution in [0.25, 0.3) is 21.0 Å². The highest BCUT2D eigenvalue weighted by atomic mass is 79.9. The Bertz CT molecular complexity index is 1110. The van der Waals surface area contributed by atoms with Crippen LogP contribution in [0.4, 0.5) is 5.13 Å². The van der Waals surface area contributed by atoms with Gasteiger partial charge in [-0.2, -0.15) is 0 Å². The highest BCUT2D eigenvalue weighted by molar-refractivity contribution is 9.10. The Balaban J connectivity index is 1.72. The summed E-state index contributed by atoms with van der Waals surface area (Å²) in [5, 5.41) is 5.45. The number of hydrogen-bond donors (Lipinski definition) is 1. The number of anilines is 1. The molecule has 25 heavy (non-hydrogen) atoms. The highest BCUT2D eigenvalue weighted by Crippen LogP contribution is 2.32. The van der Waals surface area contributed by atoms with Crippen LogP contribution in [0.2, 0.25) is 0 Å². The van der Waals surface area contributed by atoms with E-state index in [1.165, 1.54) is 11.3 Å². The van der Waals surface area contributed by atoms with Gasteiger partial charge in [0.15, 0.2) is 5.13 Å². The van der Waals surface area contributed by atoms with Crippen LogP contribution in [0.1, 0.15) is 10.4 Å². The van der Waals surface area contributed by atoms with Gasteiger partial charge in [0.05, 0.1) is 22.9 Å². The molecule has 1 aromatic heterocycles. The minimum atomic E-state index is -0.238. The van der Waals surface area contributed by atoms with Crippen LogP contribution in [0, 0.1) is 0 Å². The maximum absolute atomic E-state index is 12.8. The molecule has 0 aliphatic carbocycles. The van der Waals surface area contributed by atoms with E-state index in [2.05, 4.69) is 26.2 Å². The van der Waals surface area contributed by atoms with Gasteiger partial charge < -0.3 is 4.74 Å². The molecular weight excluding hydrogens is 400 g/mol. The molecule has 0 bridgehead atoms. The quantitative estimate of drug-likeness (QED) is 0.485. The number of nitrogens with one attached hydrogen (secondary N) is 1. The highest BCUT2D eigenvalue weighted by Gasteiger charge is 2.16. The second-order valence-electron chi connectivity index (χ2n) is 5.46. The summed E-state index contributed by atoms with van der Waals surface area (Å²) in [6, 6.07) is 17.4. The van der Waals surface area contributed by atoms with Crippen LogP contribution in [0.15, 0.2) is 59.1 Å². The molecule has 1 amide bonds. The molecule has 0 aliphatic heterocycles. The number of ether oxygens (including phenoxy) is 1. The molecule has 124 valence electrons. The lowest BCUT2D eigenvalue weighted by Gasteiger charge is -2.09. The largest absolute Gasteiger partial charge is 0.496 e. The Kier molecular flexibility index (Phi) is 4.15. The number of halogens is 1. The average molecular weight is 413 g/mol. The normalized spacial score (nSPS) is 11.0. The number of benzene rings is 3. The summed E-state index contributed by atoms with van der Waals surface area (Å²) in [5.74, 6) is 0.302. The SMILES string of the molecule is COc1cc2ccccc2cc1C(=O)Nc1nc2c(Br)cccc2s1. The standard InChI is InChI=1S/C19H13BrN2O2S/c1-24-15-10-12-6-3-2-5-11(12)9-13(15)18(23)22-19-21-17-14(20)7-4-8-16(17)25-19/h2-10H,1H3,(H,21,22,23). The van der Waals surface area contributed by atoms with Gasteiger partial charge in [-0.25, -0.2) is 4.98 Å². The molecular formula is C19H13BrN2O2S. The molecule has 4 rings (SSSR count). The Hall–Kier alpha value is -2.44. The monoisotopic (exact) mass is 412 g/mol. The number of thiazole rings is 1. The zero-order valence-electron chi connectivity index (χ0n) is 13.2. The molecule has 0 radical (unpaired) electrons. The summed E-state index contributed by atoms with van der Waals surface area (Å²) in [6.07, 6.45) is 0. The van der Waals surface area contributed by atoms with Crippen LogP contribution in [0.5, 0.6) is 5.75 Å². The number of nitrogens with zero attached hydrogens (tertiary/aromatic N) is 1. The van der Waals surface area contributed by atoms with Crippen molar-refractivity contribution in [1.82, 2.24) is 4.98 Å². The smallest absolute Gasteiger partial charge is 0.261 e. The number of aromatic nitrogens is 1. The van der Waals surface area contributed by atoms with E-state index in [1.54, 1.807) is 7.11 Å². The van der Waals surface area contributed by atoms with E-state index in [9.17, 15) is 4.79 Å². The van der Waals surface area contributed by atoms with Gasteiger partial charge in [0, 0.05) is 4.47 Å². The number of rotatable bonds is 3. The first kappa shape index (κ1) is 16.1. The van der Waals surface area contributed by atoms with Crippen molar-refractivity contribution in [2.24, 2.45) is 0 Å². The summed E-state index contributed by atoms with van der Waals surface area (Å²) in [5.41, 5.74) is 1.33. The third-order valence-corrected chi connectivity index (χ3v) is 5.48. The van der Waals surface area contributed by atoms with Gasteiger partial charge in [0.25, 0.3) is 5.91 Å². The van der Waals surface area contributed by atoms with Gasteiger partial charge in [-0.1, -0.05) is 41.7 Å². The second-order valence-corrected chi connectivity index (χ2v) is 7.34. The molecule has 3 aromatic carbocycles. The molecule has 6 heteroatoms. The first-order valence-electron chi connectivity index (χ1n) is 7.59. The molecule has 0 spiro atoms. The molecule has 0 fully saturated rings. The molecule has 4 aromatic rings. The number of amides is 1. The molecule has 0 saturated carbocycles. The predicted molar refractivity (Wildman–Crippen MR) is 106 cm³/mol. The van der Waals surface area contributed by atoms with Crippen LogP contribution in [0.3, 0.4) is 0 Å². The summed E-state index contributed by atoms with van der Waals surface area (Å²) >= 11 is 4.92. The van der Waals surface area contributed by atoms with E-state index >= 15 is 0 Å². The maximum atomic E-state index is 12.8. The second kappa shape index (κ2) is 6.46. The topological polar surface area (TPSA) is 51.2 Å². The number of carbonyl (C=O) groups excluding carboxylic acids is 1. The predicted octanol–water partition coefficient (Wildman–Crippen LogP) is 5.47. The van der Waals surface area contributed by atoms with Crippen LogP contribution in [-0.4, -0.2) is 18.0 Å². The van der Waals surface area contributed by atoms with Gasteiger partial charge in [0.2, 0.25) is 0 Å². The van der Waals surface area contributed by atoms with Crippen LogP contribution >= 0.6 is 27.3 Å². The number of hydrogen-bond acceptors (Lipinski definition) is 4. The number of para-hydroxylation sites is 1. The summed E-state index contributed by atoms with van der Waals surface area (Å²) in [6.45, 7) is 0. The maximum Gasteiger partial charge on any atom is 0.261 e. The number of carbonyl (C=O) groups is 1. The van der Waals surface area contributed by atoms with Gasteiger partial charge in [-0.05, 0) is 51.0 Å². The van der Waals surface area contributed by atoms with Crippen LogP contribution in [-0.2, 0) is 0 Å². The van der Waals surface area contributed by atoms with E-state index < -0.39 is 0 Å². The lowest BCUT2D eigenvalue weighted by molar-refractivity contribution is 0.102. The third kappa shape index (κ3) is 2.99. The average Bonchev–Trinajstić information content (AvgIpc) is 3.04. The molecule has 1 heterocycles. The Morgan fingerprint density at radius 3 is 2.60 bits per heavy atom. The lowest BCUT2D eigenvalue weighted by Crippen LogP contribution is -2.13. The number of methoxy groups -OCH3 is 1. The summed E-state index contributed by atoms with van der Waals surface area (Å²) < 4.78 is 7.32. The molecule has 0 unspecified atom stereocenters. The number of fused-ring (bicyclic) bond motifs is 2. The molecule has 0 atom stereocenters. The van der Waals surface area contributed by atoms with E-state index in [1.807, 2.05) is 54.6 Å². The van der Waals surface area contributed by atoms with Crippen molar-refractivity contribution in [3.05, 3.63) is 64.6 Å². The minimum absolute atomic E-state index is 0.238. The van der Waals surface area contributed by atoms with Crippen LogP contribution < -0.4 is 10.1 Å². The van der Waals surface area contributed by atoms with E-state index in [0.717, 1.165) is 25.5 Å². The first-order chi connectivity index (χ1) is 12.2. The third-order valence-electron chi connectivity index (χ3n) is 3.90. The fraction of sp³-hybridized carbons (Fsp3) is 0.0526. The van der Waals surface area contributed by atoms with E-state index in [0.29, 0.717) is 16.4 Å². The molecule has 4 nitrogen and oxygen atoms in total. The zero-order chi connectivity index (χ0) is 17.4. The van der Waals surface area contributed by atoms with Gasteiger partial charge in [-0.3, -0.25) is 10.1 Å². The van der Waals surface area contributed by atoms with Gasteiger partial charge in [0.1, 0.15) is 5.75 Å². The van der Waals surface area contributed by atoms with E-state index in [-0.39, 0.29) is 5.91 Å². The zero-order valence-corrected chi connectivity index (χ0v) is 15.6. The Morgan fingerprint density at radius 1 is 1.12 bits per heavy atom. The van der Waals surface area contributed by atoms with Gasteiger partial charge >= 0.3 is 0 Å². The summed E-state index contributed by atoms with van der Waals surface area (Å²) in [4.78, 5) is 17.3. The molecule has 0 aliphatic rings. The Morgan fingerprint density at radius 2 is 1.88 bits per heavy atom. The molecule has 1 N–H and O–H groups in total. The fourth-order valence-electron chi connectivity index (χ4n) is 2.70. The minimum Gasteiger partial charge on any atom is -0.496 e. The van der Waals surface area contributed by atoms with Crippen molar-refractivity contribution in [2.45, 2.75) is 0 Å². The van der Waals surface area contributed by atoms with E-state index in [4.69, 9.17) is 4.74 Å². The Labute approximate surface area is 156 Å². The fourth-order valence-corrected chi connectivity index (χ4v) is 4.17. The van der Waals surface area contributed by atoms with Gasteiger partial charge in [-0.15, -0.1) is 0 Å². The van der Waals surface area contributed by atoms with Crippen molar-refractivity contribution in [3.8, 4) is 5.75 Å². The van der Waals surface area contributed by atoms with Crippen molar-refractivity contribution in [2.75, 3.05) is 12.4 Å². The van der Waals surface area contributed by atoms with Crippen molar-refractivity contribution in [3.63, 3.8) is 0 Å². The lowest BCUT2D eigenvalue weighted by atomic mass is 10.1. The van der Waals surface area contributed by atoms with Crippen molar-refractivity contribution in [1.29, 1.82) is 0 Å².